The molecule has 8 heteroatoms. The number of amides is 2. The van der Waals surface area contributed by atoms with Crippen LogP contribution in [0.3, 0.4) is 0 Å². The van der Waals surface area contributed by atoms with Gasteiger partial charge in [-0.05, 0) is 69.6 Å². The normalized spacial score (nSPS) is 25.1. The summed E-state index contributed by atoms with van der Waals surface area (Å²) in [6.07, 6.45) is 12.5. The largest absolute Gasteiger partial charge is 0.376 e. The second-order valence-electron chi connectivity index (χ2n) is 10.8. The second-order valence-corrected chi connectivity index (χ2v) is 12.4. The topological polar surface area (TPSA) is 74.3 Å². The summed E-state index contributed by atoms with van der Waals surface area (Å²) in [5, 5.41) is 8.23. The molecule has 4 saturated carbocycles. The Morgan fingerprint density at radius 2 is 2.03 bits per heavy atom. The van der Waals surface area contributed by atoms with Crippen molar-refractivity contribution >= 4 is 45.9 Å². The Labute approximate surface area is 216 Å². The predicted molar refractivity (Wildman–Crippen MR) is 142 cm³/mol. The lowest BCUT2D eigenvalue weighted by molar-refractivity contribution is -0.135. The van der Waals surface area contributed by atoms with Crippen molar-refractivity contribution in [3.63, 3.8) is 0 Å². The van der Waals surface area contributed by atoms with Crippen LogP contribution in [0.25, 0.3) is 0 Å². The van der Waals surface area contributed by atoms with Gasteiger partial charge in [-0.15, -0.1) is 11.3 Å². The molecule has 2 amide bonds. The Morgan fingerprint density at radius 3 is 2.69 bits per heavy atom. The minimum absolute atomic E-state index is 0.00299. The van der Waals surface area contributed by atoms with Crippen LogP contribution in [0.2, 0.25) is 5.02 Å². The van der Waals surface area contributed by atoms with Crippen LogP contribution >= 0.6 is 22.9 Å². The fraction of sp³-hybridized carbons (Fsp3) is 0.593. The number of carbonyl (C=O) groups is 2. The van der Waals surface area contributed by atoms with E-state index in [1.807, 2.05) is 25.1 Å². The van der Waals surface area contributed by atoms with Gasteiger partial charge in [0, 0.05) is 16.6 Å². The zero-order valence-corrected chi connectivity index (χ0v) is 22.1. The summed E-state index contributed by atoms with van der Waals surface area (Å²) >= 11 is 7.69. The molecule has 188 valence electrons. The lowest BCUT2D eigenvalue weighted by atomic mass is 9.50. The third-order valence-electron chi connectivity index (χ3n) is 8.18. The molecule has 2 atom stereocenters. The Hall–Kier alpha value is -2.12. The maximum Gasteiger partial charge on any atom is 0.243 e. The zero-order chi connectivity index (χ0) is 24.6. The van der Waals surface area contributed by atoms with Crippen LogP contribution in [-0.2, 0) is 9.59 Å². The monoisotopic (exact) mass is 514 g/mol. The van der Waals surface area contributed by atoms with Crippen LogP contribution in [0.5, 0.6) is 0 Å². The molecule has 0 aromatic carbocycles. The van der Waals surface area contributed by atoms with Crippen LogP contribution in [0, 0.1) is 18.8 Å². The lowest BCUT2D eigenvalue weighted by Gasteiger charge is -2.62. The first-order valence-electron chi connectivity index (χ1n) is 12.9. The lowest BCUT2D eigenvalue weighted by Crippen LogP contribution is -2.70. The molecule has 0 unspecified atom stereocenters. The summed E-state index contributed by atoms with van der Waals surface area (Å²) < 4.78 is 0. The van der Waals surface area contributed by atoms with Gasteiger partial charge in [0.25, 0.3) is 0 Å². The van der Waals surface area contributed by atoms with Gasteiger partial charge in [0.1, 0.15) is 6.04 Å². The number of aryl methyl sites for hydroxylation is 1. The van der Waals surface area contributed by atoms with Crippen molar-refractivity contribution in [3.05, 3.63) is 40.0 Å². The van der Waals surface area contributed by atoms with Crippen molar-refractivity contribution in [2.45, 2.75) is 89.3 Å². The highest BCUT2D eigenvalue weighted by Crippen LogP contribution is 2.57. The molecule has 2 aromatic heterocycles. The summed E-state index contributed by atoms with van der Waals surface area (Å²) in [5.74, 6) is 1.30. The Bertz CT molecular complexity index is 1070. The summed E-state index contributed by atoms with van der Waals surface area (Å²) in [7, 11) is 0. The van der Waals surface area contributed by atoms with Crippen LogP contribution in [0.4, 0.5) is 10.7 Å². The van der Waals surface area contributed by atoms with Crippen molar-refractivity contribution in [1.82, 2.24) is 10.3 Å². The highest BCUT2D eigenvalue weighted by Gasteiger charge is 2.57. The predicted octanol–water partition coefficient (Wildman–Crippen LogP) is 6.25. The second kappa shape index (κ2) is 10.1. The van der Waals surface area contributed by atoms with E-state index in [4.69, 9.17) is 11.6 Å². The number of hydrogen-bond acceptors (Lipinski definition) is 5. The van der Waals surface area contributed by atoms with E-state index in [1.165, 1.54) is 19.3 Å². The van der Waals surface area contributed by atoms with Crippen molar-refractivity contribution in [2.75, 3.05) is 10.2 Å². The molecule has 2 bridgehead atoms. The third kappa shape index (κ3) is 5.21. The summed E-state index contributed by atoms with van der Waals surface area (Å²) in [4.78, 5) is 33.0. The first kappa shape index (κ1) is 24.6. The Kier molecular flexibility index (Phi) is 7.09. The van der Waals surface area contributed by atoms with E-state index in [0.717, 1.165) is 72.1 Å². The maximum atomic E-state index is 13.5. The maximum absolute atomic E-state index is 13.5. The van der Waals surface area contributed by atoms with Gasteiger partial charge in [-0.3, -0.25) is 19.5 Å². The average molecular weight is 515 g/mol. The molecule has 2 heterocycles. The minimum atomic E-state index is -0.459. The van der Waals surface area contributed by atoms with E-state index in [9.17, 15) is 9.59 Å². The van der Waals surface area contributed by atoms with Crippen LogP contribution < -0.4 is 15.5 Å². The fourth-order valence-electron chi connectivity index (χ4n) is 6.01. The van der Waals surface area contributed by atoms with E-state index in [1.54, 1.807) is 22.4 Å². The van der Waals surface area contributed by atoms with Crippen molar-refractivity contribution < 1.29 is 9.59 Å². The molecule has 6 rings (SSSR count). The van der Waals surface area contributed by atoms with Gasteiger partial charge in [-0.1, -0.05) is 43.7 Å². The molecule has 0 radical (unpaired) electrons. The van der Waals surface area contributed by atoms with Gasteiger partial charge in [-0.2, -0.15) is 0 Å². The number of carbonyl (C=O) groups excluding carboxylic acids is 2. The smallest absolute Gasteiger partial charge is 0.243 e. The first-order chi connectivity index (χ1) is 16.9. The molecule has 0 spiro atoms. The van der Waals surface area contributed by atoms with E-state index >= 15 is 0 Å². The summed E-state index contributed by atoms with van der Waals surface area (Å²) in [6.45, 7) is 4.02. The van der Waals surface area contributed by atoms with Crippen molar-refractivity contribution in [3.8, 4) is 0 Å². The molecular formula is C27H35ClN4O2S. The van der Waals surface area contributed by atoms with E-state index in [2.05, 4.69) is 22.5 Å². The quantitative estimate of drug-likeness (QED) is 0.367. The number of aromatic nitrogens is 1. The van der Waals surface area contributed by atoms with Gasteiger partial charge < -0.3 is 10.6 Å². The molecule has 0 saturated heterocycles. The number of rotatable bonds is 10. The minimum Gasteiger partial charge on any atom is -0.376 e. The number of anilines is 2. The average Bonchev–Trinajstić information content (AvgIpc) is 3.28. The molecular weight excluding hydrogens is 480 g/mol. The Balaban J connectivity index is 1.33. The first-order valence-corrected chi connectivity index (χ1v) is 14.1. The van der Waals surface area contributed by atoms with Gasteiger partial charge in [0.2, 0.25) is 12.3 Å². The summed E-state index contributed by atoms with van der Waals surface area (Å²) in [6, 6.07) is 5.43. The van der Waals surface area contributed by atoms with Gasteiger partial charge in [0.05, 0.1) is 27.4 Å². The molecule has 35 heavy (non-hydrogen) atoms. The fourth-order valence-corrected chi connectivity index (χ4v) is 7.20. The number of thiophene rings is 1. The molecule has 4 aliphatic rings. The number of hydrogen-bond donors (Lipinski definition) is 2. The van der Waals surface area contributed by atoms with Gasteiger partial charge >= 0.3 is 0 Å². The highest BCUT2D eigenvalue weighted by atomic mass is 35.5. The van der Waals surface area contributed by atoms with E-state index in [0.29, 0.717) is 10.9 Å². The summed E-state index contributed by atoms with van der Waals surface area (Å²) in [5.41, 5.74) is 1.77. The standard InChI is InChI=1S/C27H35ClN4O2S/c1-17-22(11-21(28)15-29-17)30-18(2)24-8-9-25(35-24)32(16-33)23(10-19-6-4-3-5-7-19)26(34)31-27-12-20(13-27)14-27/h8-9,11,15-16,18-20,23,30H,3-7,10,12-14H2,1-2H3,(H,31,34)/t18-,20?,23-,27?/m0/s1. The van der Waals surface area contributed by atoms with Gasteiger partial charge in [-0.25, -0.2) is 0 Å². The molecule has 4 aliphatic carbocycles. The molecule has 4 fully saturated rings. The van der Waals surface area contributed by atoms with Crippen LogP contribution in [0.15, 0.2) is 24.4 Å². The van der Waals surface area contributed by atoms with E-state index < -0.39 is 6.04 Å². The number of nitrogens with one attached hydrogen (secondary N) is 2. The van der Waals surface area contributed by atoms with Crippen LogP contribution in [0.1, 0.15) is 81.3 Å². The van der Waals surface area contributed by atoms with Crippen molar-refractivity contribution in [1.29, 1.82) is 0 Å². The Morgan fingerprint density at radius 1 is 1.29 bits per heavy atom. The third-order valence-corrected chi connectivity index (χ3v) is 9.67. The highest BCUT2D eigenvalue weighted by molar-refractivity contribution is 7.16. The molecule has 0 aliphatic heterocycles. The van der Waals surface area contributed by atoms with E-state index in [-0.39, 0.29) is 17.5 Å². The SMILES string of the molecule is Cc1ncc(Cl)cc1N[C@@H](C)c1ccc(N(C=O)[C@@H](CC2CCCCC2)C(=O)NC23CC(C2)C3)s1. The number of pyridine rings is 1. The zero-order valence-electron chi connectivity index (χ0n) is 20.6. The number of nitrogens with zero attached hydrogens (tertiary/aromatic N) is 2. The molecule has 2 N–H and O–H groups in total. The van der Waals surface area contributed by atoms with Crippen LogP contribution in [-0.4, -0.2) is 28.9 Å². The van der Waals surface area contributed by atoms with Crippen molar-refractivity contribution in [2.24, 2.45) is 11.8 Å². The molecule has 6 nitrogen and oxygen atoms in total. The molecule has 2 aromatic rings. The van der Waals surface area contributed by atoms with Gasteiger partial charge in [0.15, 0.2) is 0 Å². The number of halogens is 1.